The molecule has 1 aliphatic rings. The molecule has 0 aliphatic heterocycles. The van der Waals surface area contributed by atoms with Crippen LogP contribution in [0.25, 0.3) is 66.1 Å². The summed E-state index contributed by atoms with van der Waals surface area (Å²) in [4.78, 5) is 0. The molecule has 6 aromatic rings. The van der Waals surface area contributed by atoms with Gasteiger partial charge in [0.15, 0.2) is 0 Å². The van der Waals surface area contributed by atoms with Gasteiger partial charge in [0, 0.05) is 0 Å². The summed E-state index contributed by atoms with van der Waals surface area (Å²) < 4.78 is 0. The van der Waals surface area contributed by atoms with Gasteiger partial charge in [-0.05, 0) is 78.2 Å². The summed E-state index contributed by atoms with van der Waals surface area (Å²) in [7, 11) is 0. The second-order valence-corrected chi connectivity index (χ2v) is 8.52. The molecule has 0 atom stereocenters. The molecule has 6 aromatic carbocycles. The zero-order valence-corrected chi connectivity index (χ0v) is 17.5. The van der Waals surface area contributed by atoms with Crippen molar-refractivity contribution in [3.05, 3.63) is 121 Å². The Morgan fingerprint density at radius 1 is 0.281 bits per heavy atom. The maximum absolute atomic E-state index is 2.42. The molecular formula is C32H20. The third kappa shape index (κ3) is 2.38. The molecule has 0 amide bonds. The van der Waals surface area contributed by atoms with E-state index in [-0.39, 0.29) is 0 Å². The first-order valence-electron chi connectivity index (χ1n) is 11.1. The molecule has 1 aliphatic carbocycles. The second-order valence-electron chi connectivity index (χ2n) is 8.52. The van der Waals surface area contributed by atoms with Crippen LogP contribution >= 0.6 is 0 Å². The summed E-state index contributed by atoms with van der Waals surface area (Å²) in [5, 5.41) is 5.26. The smallest absolute Gasteiger partial charge is 0.00201 e. The van der Waals surface area contributed by atoms with Gasteiger partial charge < -0.3 is 0 Å². The summed E-state index contributed by atoms with van der Waals surface area (Å²) in [6, 6.07) is 44.1. The standard InChI is InChI=1S/C32H20/c1-3-11-21(12-4-1)31-26-18-10-9-17-25(26)29-19-27-23-15-7-8-16-24(23)28(27)20-30(29)32(31)22-13-5-2-6-14-22/h1-20H. The van der Waals surface area contributed by atoms with Gasteiger partial charge >= 0.3 is 0 Å². The molecule has 0 N–H and O–H groups in total. The number of hydrogen-bond donors (Lipinski definition) is 0. The van der Waals surface area contributed by atoms with Gasteiger partial charge in [0.25, 0.3) is 0 Å². The normalized spacial score (nSPS) is 11.8. The first-order chi connectivity index (χ1) is 15.9. The van der Waals surface area contributed by atoms with Crippen LogP contribution in [0.1, 0.15) is 0 Å². The molecule has 0 unspecified atom stereocenters. The molecule has 148 valence electrons. The lowest BCUT2D eigenvalue weighted by molar-refractivity contribution is 1.54. The monoisotopic (exact) mass is 404 g/mol. The van der Waals surface area contributed by atoms with Crippen LogP contribution in [0.2, 0.25) is 0 Å². The van der Waals surface area contributed by atoms with Crippen molar-refractivity contribution in [2.24, 2.45) is 0 Å². The van der Waals surface area contributed by atoms with E-state index in [1.54, 1.807) is 0 Å². The number of fused-ring (bicyclic) bond motifs is 7. The maximum atomic E-state index is 2.42. The fraction of sp³-hybridized carbons (Fsp3) is 0. The third-order valence-electron chi connectivity index (χ3n) is 6.80. The first kappa shape index (κ1) is 17.5. The topological polar surface area (TPSA) is 0 Å². The Morgan fingerprint density at radius 3 is 1.31 bits per heavy atom. The Morgan fingerprint density at radius 2 is 0.719 bits per heavy atom. The predicted molar refractivity (Wildman–Crippen MR) is 137 cm³/mol. The third-order valence-corrected chi connectivity index (χ3v) is 6.80. The van der Waals surface area contributed by atoms with Crippen molar-refractivity contribution in [2.45, 2.75) is 0 Å². The highest BCUT2D eigenvalue weighted by atomic mass is 14.3. The molecular weight excluding hydrogens is 384 g/mol. The van der Waals surface area contributed by atoms with Crippen molar-refractivity contribution >= 4 is 21.5 Å². The minimum Gasteiger partial charge on any atom is -0.0622 e. The highest BCUT2D eigenvalue weighted by Gasteiger charge is 2.25. The lowest BCUT2D eigenvalue weighted by Gasteiger charge is -2.27. The molecule has 0 bridgehead atoms. The van der Waals surface area contributed by atoms with Crippen LogP contribution in [0, 0.1) is 0 Å². The summed E-state index contributed by atoms with van der Waals surface area (Å²) in [5.41, 5.74) is 10.6. The first-order valence-corrected chi connectivity index (χ1v) is 11.1. The molecule has 0 saturated carbocycles. The maximum Gasteiger partial charge on any atom is -0.00201 e. The molecule has 0 heteroatoms. The van der Waals surface area contributed by atoms with Crippen molar-refractivity contribution in [3.63, 3.8) is 0 Å². The van der Waals surface area contributed by atoms with Crippen LogP contribution in [0.5, 0.6) is 0 Å². The predicted octanol–water partition coefficient (Wildman–Crippen LogP) is 8.97. The Hall–Kier alpha value is -4.16. The van der Waals surface area contributed by atoms with E-state index >= 15 is 0 Å². The van der Waals surface area contributed by atoms with E-state index in [4.69, 9.17) is 0 Å². The molecule has 0 heterocycles. The van der Waals surface area contributed by atoms with Crippen molar-refractivity contribution in [3.8, 4) is 44.5 Å². The van der Waals surface area contributed by atoms with Crippen LogP contribution in [0.4, 0.5) is 0 Å². The van der Waals surface area contributed by atoms with Crippen LogP contribution in [-0.2, 0) is 0 Å². The van der Waals surface area contributed by atoms with Crippen molar-refractivity contribution < 1.29 is 0 Å². The fourth-order valence-corrected chi connectivity index (χ4v) is 5.38. The van der Waals surface area contributed by atoms with Crippen LogP contribution < -0.4 is 0 Å². The largest absolute Gasteiger partial charge is 0.0622 e. The van der Waals surface area contributed by atoms with E-state index in [1.165, 1.54) is 66.1 Å². The lowest BCUT2D eigenvalue weighted by atomic mass is 9.76. The van der Waals surface area contributed by atoms with Gasteiger partial charge in [-0.3, -0.25) is 0 Å². The second kappa shape index (κ2) is 6.67. The highest BCUT2D eigenvalue weighted by Crippen LogP contribution is 2.52. The van der Waals surface area contributed by atoms with E-state index in [0.717, 1.165) is 0 Å². The minimum atomic E-state index is 1.26. The molecule has 0 fully saturated rings. The van der Waals surface area contributed by atoms with Crippen LogP contribution in [0.3, 0.4) is 0 Å². The zero-order valence-electron chi connectivity index (χ0n) is 17.5. The van der Waals surface area contributed by atoms with Crippen LogP contribution in [-0.4, -0.2) is 0 Å². The van der Waals surface area contributed by atoms with E-state index in [2.05, 4.69) is 121 Å². The summed E-state index contributed by atoms with van der Waals surface area (Å²) in [6.45, 7) is 0. The summed E-state index contributed by atoms with van der Waals surface area (Å²) in [5.74, 6) is 0. The van der Waals surface area contributed by atoms with Gasteiger partial charge in [-0.25, -0.2) is 0 Å². The summed E-state index contributed by atoms with van der Waals surface area (Å²) >= 11 is 0. The summed E-state index contributed by atoms with van der Waals surface area (Å²) in [6.07, 6.45) is 0. The fourth-order valence-electron chi connectivity index (χ4n) is 5.38. The van der Waals surface area contributed by atoms with E-state index < -0.39 is 0 Å². The Bertz CT molecular complexity index is 1640. The van der Waals surface area contributed by atoms with E-state index in [9.17, 15) is 0 Å². The molecule has 7 rings (SSSR count). The van der Waals surface area contributed by atoms with Gasteiger partial charge in [0.1, 0.15) is 0 Å². The van der Waals surface area contributed by atoms with E-state index in [0.29, 0.717) is 0 Å². The van der Waals surface area contributed by atoms with E-state index in [1.807, 2.05) is 0 Å². The van der Waals surface area contributed by atoms with Gasteiger partial charge in [0.05, 0.1) is 0 Å². The highest BCUT2D eigenvalue weighted by molar-refractivity contribution is 6.24. The number of benzene rings is 6. The zero-order chi connectivity index (χ0) is 21.1. The van der Waals surface area contributed by atoms with Gasteiger partial charge in [-0.15, -0.1) is 0 Å². The van der Waals surface area contributed by atoms with Gasteiger partial charge in [-0.1, -0.05) is 109 Å². The number of rotatable bonds is 2. The average molecular weight is 405 g/mol. The molecule has 0 spiro atoms. The average Bonchev–Trinajstić information content (AvgIpc) is 2.87. The van der Waals surface area contributed by atoms with Crippen LogP contribution in [0.15, 0.2) is 121 Å². The Labute approximate surface area is 187 Å². The van der Waals surface area contributed by atoms with Crippen molar-refractivity contribution in [2.75, 3.05) is 0 Å². The molecule has 32 heavy (non-hydrogen) atoms. The molecule has 0 aromatic heterocycles. The molecule has 0 radical (unpaired) electrons. The quantitative estimate of drug-likeness (QED) is 0.252. The van der Waals surface area contributed by atoms with Crippen molar-refractivity contribution in [1.82, 2.24) is 0 Å². The minimum absolute atomic E-state index is 1.26. The molecule has 0 saturated heterocycles. The molecule has 0 nitrogen and oxygen atoms in total. The van der Waals surface area contributed by atoms with Crippen molar-refractivity contribution in [1.29, 1.82) is 0 Å². The lowest BCUT2D eigenvalue weighted by Crippen LogP contribution is -2.00. The van der Waals surface area contributed by atoms with Gasteiger partial charge in [0.2, 0.25) is 0 Å². The Kier molecular flexibility index (Phi) is 3.65. The number of hydrogen-bond acceptors (Lipinski definition) is 0. The van der Waals surface area contributed by atoms with Gasteiger partial charge in [-0.2, -0.15) is 0 Å². The SMILES string of the molecule is c1ccc(-c2c(-c3ccccc3)c3cc4c(cc3c3ccccc23)-c2ccccc2-4)cc1. The Balaban J connectivity index is 1.70.